The van der Waals surface area contributed by atoms with Gasteiger partial charge in [0.15, 0.2) is 0 Å². The quantitative estimate of drug-likeness (QED) is 0.564. The Bertz CT molecular complexity index is 1030. The van der Waals surface area contributed by atoms with Crippen molar-refractivity contribution < 1.29 is 9.53 Å². The number of ether oxygens (including phenoxy) is 1. The summed E-state index contributed by atoms with van der Waals surface area (Å²) in [5.74, 6) is -0.145. The highest BCUT2D eigenvalue weighted by Gasteiger charge is 2.14. The van der Waals surface area contributed by atoms with Crippen LogP contribution in [0.5, 0.6) is 0 Å². The van der Waals surface area contributed by atoms with E-state index in [4.69, 9.17) is 4.74 Å². The lowest BCUT2D eigenvalue weighted by atomic mass is 10.1. The number of hydrogen-bond acceptors (Lipinski definition) is 4. The predicted octanol–water partition coefficient (Wildman–Crippen LogP) is 5.18. The molecule has 146 valence electrons. The molecule has 0 saturated carbocycles. The van der Waals surface area contributed by atoms with E-state index in [1.807, 2.05) is 67.6 Å². The molecular formula is C24H22N2O2S. The molecule has 0 saturated heterocycles. The van der Waals surface area contributed by atoms with E-state index < -0.39 is 0 Å². The standard InChI is InChI=1S/C24H22N2O2S/c1-2-28-17-20-11-4-3-10-19(20)16-26-24(27)21-12-6-8-14-23(21)29-22-13-7-5-9-18(22)15-25/h3-14H,2,16-17H2,1H3,(H,26,27). The Labute approximate surface area is 175 Å². The molecule has 0 aliphatic heterocycles. The van der Waals surface area contributed by atoms with Crippen LogP contribution in [0.3, 0.4) is 0 Å². The van der Waals surface area contributed by atoms with Crippen LogP contribution in [0.2, 0.25) is 0 Å². The fourth-order valence-electron chi connectivity index (χ4n) is 2.86. The number of nitrogens with one attached hydrogen (secondary N) is 1. The molecule has 0 aliphatic rings. The number of benzene rings is 3. The second-order valence-electron chi connectivity index (χ2n) is 6.29. The summed E-state index contributed by atoms with van der Waals surface area (Å²) in [6.07, 6.45) is 0. The molecule has 0 fully saturated rings. The van der Waals surface area contributed by atoms with Crippen LogP contribution in [0.1, 0.15) is 34.0 Å². The molecule has 0 unspecified atom stereocenters. The van der Waals surface area contributed by atoms with E-state index in [1.165, 1.54) is 11.8 Å². The molecule has 4 nitrogen and oxygen atoms in total. The number of hydrogen-bond donors (Lipinski definition) is 1. The first-order valence-electron chi connectivity index (χ1n) is 9.41. The molecule has 3 rings (SSSR count). The summed E-state index contributed by atoms with van der Waals surface area (Å²) < 4.78 is 5.52. The number of rotatable bonds is 8. The Morgan fingerprint density at radius 2 is 1.62 bits per heavy atom. The molecule has 3 aromatic carbocycles. The normalized spacial score (nSPS) is 10.3. The van der Waals surface area contributed by atoms with Gasteiger partial charge in [-0.1, -0.05) is 60.3 Å². The fraction of sp³-hybridized carbons (Fsp3) is 0.167. The SMILES string of the molecule is CCOCc1ccccc1CNC(=O)c1ccccc1Sc1ccccc1C#N. The van der Waals surface area contributed by atoms with Crippen LogP contribution in [0.4, 0.5) is 0 Å². The van der Waals surface area contributed by atoms with Gasteiger partial charge < -0.3 is 10.1 Å². The number of carbonyl (C=O) groups excluding carboxylic acids is 1. The van der Waals surface area contributed by atoms with Crippen molar-refractivity contribution in [1.29, 1.82) is 5.26 Å². The Morgan fingerprint density at radius 1 is 0.966 bits per heavy atom. The number of amides is 1. The first kappa shape index (κ1) is 20.7. The minimum absolute atomic E-state index is 0.145. The highest BCUT2D eigenvalue weighted by atomic mass is 32.2. The van der Waals surface area contributed by atoms with Gasteiger partial charge in [0.25, 0.3) is 5.91 Å². The monoisotopic (exact) mass is 402 g/mol. The number of carbonyl (C=O) groups is 1. The fourth-order valence-corrected chi connectivity index (χ4v) is 3.89. The Morgan fingerprint density at radius 3 is 2.38 bits per heavy atom. The van der Waals surface area contributed by atoms with Crippen LogP contribution in [-0.4, -0.2) is 12.5 Å². The highest BCUT2D eigenvalue weighted by Crippen LogP contribution is 2.32. The van der Waals surface area contributed by atoms with Crippen molar-refractivity contribution in [2.75, 3.05) is 6.61 Å². The topological polar surface area (TPSA) is 62.1 Å². The highest BCUT2D eigenvalue weighted by molar-refractivity contribution is 7.99. The van der Waals surface area contributed by atoms with Crippen molar-refractivity contribution in [3.05, 3.63) is 95.1 Å². The van der Waals surface area contributed by atoms with Gasteiger partial charge in [0.05, 0.1) is 17.7 Å². The van der Waals surface area contributed by atoms with Gasteiger partial charge in [-0.05, 0) is 42.3 Å². The summed E-state index contributed by atoms with van der Waals surface area (Å²) >= 11 is 1.43. The van der Waals surface area contributed by atoms with Gasteiger partial charge in [-0.2, -0.15) is 5.26 Å². The predicted molar refractivity (Wildman–Crippen MR) is 115 cm³/mol. The van der Waals surface area contributed by atoms with Crippen molar-refractivity contribution in [2.45, 2.75) is 29.9 Å². The van der Waals surface area contributed by atoms with Gasteiger partial charge in [-0.15, -0.1) is 0 Å². The van der Waals surface area contributed by atoms with Gasteiger partial charge in [-0.25, -0.2) is 0 Å². The van der Waals surface area contributed by atoms with Crippen molar-refractivity contribution in [3.63, 3.8) is 0 Å². The molecule has 0 radical (unpaired) electrons. The molecule has 1 amide bonds. The molecule has 5 heteroatoms. The Kier molecular flexibility index (Phi) is 7.46. The third kappa shape index (κ3) is 5.47. The summed E-state index contributed by atoms with van der Waals surface area (Å²) in [6, 6.07) is 25.0. The smallest absolute Gasteiger partial charge is 0.252 e. The van der Waals surface area contributed by atoms with Gasteiger partial charge in [0.1, 0.15) is 6.07 Å². The van der Waals surface area contributed by atoms with Gasteiger partial charge in [-0.3, -0.25) is 4.79 Å². The molecule has 0 aliphatic carbocycles. The van der Waals surface area contributed by atoms with Crippen LogP contribution < -0.4 is 5.32 Å². The van der Waals surface area contributed by atoms with Crippen LogP contribution in [0.25, 0.3) is 0 Å². The Hall–Kier alpha value is -3.07. The average molecular weight is 403 g/mol. The van der Waals surface area contributed by atoms with E-state index in [-0.39, 0.29) is 5.91 Å². The maximum absolute atomic E-state index is 12.9. The number of nitrogens with zero attached hydrogens (tertiary/aromatic N) is 1. The maximum Gasteiger partial charge on any atom is 0.252 e. The minimum Gasteiger partial charge on any atom is -0.377 e. The van der Waals surface area contributed by atoms with Crippen LogP contribution >= 0.6 is 11.8 Å². The van der Waals surface area contributed by atoms with E-state index in [0.29, 0.717) is 30.9 Å². The molecule has 0 bridgehead atoms. The largest absolute Gasteiger partial charge is 0.377 e. The maximum atomic E-state index is 12.9. The molecule has 29 heavy (non-hydrogen) atoms. The molecule has 3 aromatic rings. The molecule has 0 heterocycles. The summed E-state index contributed by atoms with van der Waals surface area (Å²) in [5, 5.41) is 12.3. The molecule has 0 spiro atoms. The first-order valence-corrected chi connectivity index (χ1v) is 10.2. The lowest BCUT2D eigenvalue weighted by Crippen LogP contribution is -2.24. The second-order valence-corrected chi connectivity index (χ2v) is 7.38. The van der Waals surface area contributed by atoms with Crippen molar-refractivity contribution in [3.8, 4) is 6.07 Å². The van der Waals surface area contributed by atoms with Crippen LogP contribution in [0.15, 0.2) is 82.6 Å². The van der Waals surface area contributed by atoms with E-state index >= 15 is 0 Å². The third-order valence-corrected chi connectivity index (χ3v) is 5.53. The Balaban J connectivity index is 1.75. The van der Waals surface area contributed by atoms with E-state index in [2.05, 4.69) is 11.4 Å². The van der Waals surface area contributed by atoms with Crippen LogP contribution in [0, 0.1) is 11.3 Å². The van der Waals surface area contributed by atoms with Gasteiger partial charge >= 0.3 is 0 Å². The van der Waals surface area contributed by atoms with E-state index in [9.17, 15) is 10.1 Å². The molecule has 0 aromatic heterocycles. The zero-order valence-electron chi connectivity index (χ0n) is 16.2. The van der Waals surface area contributed by atoms with Crippen LogP contribution in [-0.2, 0) is 17.9 Å². The van der Waals surface area contributed by atoms with E-state index in [1.54, 1.807) is 12.1 Å². The van der Waals surface area contributed by atoms with Gasteiger partial charge in [0.2, 0.25) is 0 Å². The average Bonchev–Trinajstić information content (AvgIpc) is 2.77. The van der Waals surface area contributed by atoms with E-state index in [0.717, 1.165) is 20.9 Å². The minimum atomic E-state index is -0.145. The van der Waals surface area contributed by atoms with Crippen molar-refractivity contribution in [1.82, 2.24) is 5.32 Å². The zero-order valence-corrected chi connectivity index (χ0v) is 17.0. The summed E-state index contributed by atoms with van der Waals surface area (Å²) in [4.78, 5) is 14.5. The van der Waals surface area contributed by atoms with Gasteiger partial charge in [0, 0.05) is 22.9 Å². The summed E-state index contributed by atoms with van der Waals surface area (Å²) in [7, 11) is 0. The summed E-state index contributed by atoms with van der Waals surface area (Å²) in [6.45, 7) is 3.56. The first-order chi connectivity index (χ1) is 14.2. The second kappa shape index (κ2) is 10.5. The van der Waals surface area contributed by atoms with Crippen molar-refractivity contribution >= 4 is 17.7 Å². The lowest BCUT2D eigenvalue weighted by molar-refractivity contribution is 0.0947. The summed E-state index contributed by atoms with van der Waals surface area (Å²) in [5.41, 5.74) is 3.29. The molecular weight excluding hydrogens is 380 g/mol. The third-order valence-electron chi connectivity index (χ3n) is 4.38. The van der Waals surface area contributed by atoms with Crippen molar-refractivity contribution in [2.24, 2.45) is 0 Å². The molecule has 0 atom stereocenters. The lowest BCUT2D eigenvalue weighted by Gasteiger charge is -2.13. The molecule has 1 N–H and O–H groups in total. The number of nitriles is 1. The zero-order chi connectivity index (χ0) is 20.5.